The van der Waals surface area contributed by atoms with Crippen molar-refractivity contribution in [3.05, 3.63) is 34.4 Å². The Balaban J connectivity index is 1.59. The molecule has 2 N–H and O–H groups in total. The van der Waals surface area contributed by atoms with Gasteiger partial charge < -0.3 is 15.4 Å². The highest BCUT2D eigenvalue weighted by Gasteiger charge is 2.41. The molecule has 7 nitrogen and oxygen atoms in total. The number of piperidine rings is 1. The number of halogens is 3. The number of alkyl halides is 3. The first-order valence-electron chi connectivity index (χ1n) is 10.0. The summed E-state index contributed by atoms with van der Waals surface area (Å²) in [6, 6.07) is 1.22. The molecule has 0 amide bonds. The van der Waals surface area contributed by atoms with E-state index in [9.17, 15) is 18.0 Å². The summed E-state index contributed by atoms with van der Waals surface area (Å²) in [6.07, 6.45) is 0.536. The Labute approximate surface area is 181 Å². The summed E-state index contributed by atoms with van der Waals surface area (Å²) in [5.41, 5.74) is 4.83. The van der Waals surface area contributed by atoms with Crippen LogP contribution in [0.3, 0.4) is 0 Å². The molecule has 4 heterocycles. The van der Waals surface area contributed by atoms with Crippen LogP contribution in [0, 0.1) is 5.41 Å². The zero-order chi connectivity index (χ0) is 22.4. The van der Waals surface area contributed by atoms with Crippen LogP contribution in [0.2, 0.25) is 0 Å². The molecule has 1 spiro atoms. The van der Waals surface area contributed by atoms with Crippen molar-refractivity contribution < 1.29 is 17.9 Å². The van der Waals surface area contributed by atoms with Crippen LogP contribution in [0.4, 0.5) is 24.9 Å². The molecule has 31 heavy (non-hydrogen) atoms. The average molecular weight is 456 g/mol. The van der Waals surface area contributed by atoms with Crippen LogP contribution in [0.1, 0.15) is 31.7 Å². The summed E-state index contributed by atoms with van der Waals surface area (Å²) >= 11 is 0.663. The number of hydrogen-bond acceptors (Lipinski definition) is 7. The molecule has 0 saturated carbocycles. The minimum atomic E-state index is -4.59. The Bertz CT molecular complexity index is 1030. The third kappa shape index (κ3) is 4.25. The number of anilines is 2. The summed E-state index contributed by atoms with van der Waals surface area (Å²) in [6.45, 7) is 4.26. The summed E-state index contributed by atoms with van der Waals surface area (Å²) in [5, 5.41) is 0. The highest BCUT2D eigenvalue weighted by atomic mass is 32.2. The number of aromatic nitrogens is 3. The lowest BCUT2D eigenvalue weighted by molar-refractivity contribution is -0.140. The molecule has 2 aromatic rings. The molecule has 2 aliphatic heterocycles. The van der Waals surface area contributed by atoms with E-state index in [1.54, 1.807) is 7.05 Å². The van der Waals surface area contributed by atoms with Crippen molar-refractivity contribution in [3.63, 3.8) is 0 Å². The Hall–Kier alpha value is -2.27. The maximum atomic E-state index is 13.3. The molecule has 168 valence electrons. The molecule has 0 radical (unpaired) electrons. The number of pyridine rings is 1. The maximum Gasteiger partial charge on any atom is 0.418 e. The number of nitrogen functional groups attached to an aromatic ring is 1. The van der Waals surface area contributed by atoms with Crippen LogP contribution < -0.4 is 16.2 Å². The van der Waals surface area contributed by atoms with Crippen molar-refractivity contribution in [1.82, 2.24) is 14.5 Å². The molecule has 0 aromatic carbocycles. The molecule has 2 saturated heterocycles. The normalized spacial score (nSPS) is 21.1. The van der Waals surface area contributed by atoms with E-state index in [2.05, 4.69) is 16.9 Å². The fraction of sp³-hybridized carbons (Fsp3) is 0.550. The summed E-state index contributed by atoms with van der Waals surface area (Å²) in [7, 11) is 1.57. The standard InChI is InChI=1S/C20H24F3N5O2S/c1-12-9-19(11-30-12)4-7-28(8-5-19)18-26-16(24)15(17(29)27(18)2)31-14-3-6-25-10-13(14)20(21,22)23/h3,6,10,12H,4-5,7-9,11,24H2,1-2H3/t12-/m0/s1. The van der Waals surface area contributed by atoms with Crippen LogP contribution in [0.15, 0.2) is 33.0 Å². The van der Waals surface area contributed by atoms with E-state index in [1.165, 1.54) is 16.8 Å². The molecule has 0 bridgehead atoms. The minimum absolute atomic E-state index is 0.0329. The molecule has 2 aliphatic rings. The van der Waals surface area contributed by atoms with Crippen molar-refractivity contribution in [2.45, 2.75) is 48.3 Å². The maximum absolute atomic E-state index is 13.3. The summed E-state index contributed by atoms with van der Waals surface area (Å²) in [4.78, 5) is 22.8. The zero-order valence-electron chi connectivity index (χ0n) is 17.3. The van der Waals surface area contributed by atoms with Gasteiger partial charge in [0.1, 0.15) is 10.7 Å². The lowest BCUT2D eigenvalue weighted by atomic mass is 9.77. The molecule has 2 aromatic heterocycles. The molecule has 0 aliphatic carbocycles. The predicted molar refractivity (Wildman–Crippen MR) is 111 cm³/mol. The first-order chi connectivity index (χ1) is 14.6. The molecular formula is C20H24F3N5O2S. The Morgan fingerprint density at radius 3 is 2.65 bits per heavy atom. The van der Waals surface area contributed by atoms with Crippen molar-refractivity contribution in [1.29, 1.82) is 0 Å². The monoisotopic (exact) mass is 455 g/mol. The lowest BCUT2D eigenvalue weighted by Gasteiger charge is -2.39. The van der Waals surface area contributed by atoms with E-state index in [1.807, 2.05) is 4.90 Å². The average Bonchev–Trinajstić information content (AvgIpc) is 3.08. The SMILES string of the molecule is C[C@H]1CC2(CCN(c3nc(N)c(Sc4ccncc4C(F)(F)F)c(=O)n3C)CC2)CO1. The largest absolute Gasteiger partial charge is 0.418 e. The van der Waals surface area contributed by atoms with E-state index in [-0.39, 0.29) is 27.1 Å². The van der Waals surface area contributed by atoms with Gasteiger partial charge in [0.15, 0.2) is 0 Å². The van der Waals surface area contributed by atoms with Gasteiger partial charge >= 0.3 is 6.18 Å². The van der Waals surface area contributed by atoms with Gasteiger partial charge in [-0.05, 0) is 37.7 Å². The van der Waals surface area contributed by atoms with Gasteiger partial charge in [0.05, 0.1) is 18.3 Å². The summed E-state index contributed by atoms with van der Waals surface area (Å²) in [5.74, 6) is 0.352. The Morgan fingerprint density at radius 2 is 2.03 bits per heavy atom. The van der Waals surface area contributed by atoms with Crippen LogP contribution in [-0.2, 0) is 18.0 Å². The fourth-order valence-electron chi connectivity index (χ4n) is 4.33. The summed E-state index contributed by atoms with van der Waals surface area (Å²) < 4.78 is 47.0. The second-order valence-corrected chi connectivity index (χ2v) is 9.33. The third-order valence-corrected chi connectivity index (χ3v) is 7.22. The van der Waals surface area contributed by atoms with Gasteiger partial charge in [0.25, 0.3) is 5.56 Å². The van der Waals surface area contributed by atoms with E-state index >= 15 is 0 Å². The van der Waals surface area contributed by atoms with Gasteiger partial charge in [-0.3, -0.25) is 14.3 Å². The van der Waals surface area contributed by atoms with Gasteiger partial charge in [-0.25, -0.2) is 0 Å². The number of rotatable bonds is 3. The highest BCUT2D eigenvalue weighted by molar-refractivity contribution is 7.99. The van der Waals surface area contributed by atoms with E-state index < -0.39 is 17.3 Å². The van der Waals surface area contributed by atoms with Gasteiger partial charge in [0.2, 0.25) is 5.95 Å². The molecule has 4 rings (SSSR count). The van der Waals surface area contributed by atoms with Gasteiger partial charge in [-0.15, -0.1) is 0 Å². The molecule has 1 atom stereocenters. The van der Waals surface area contributed by atoms with Crippen molar-refractivity contribution >= 4 is 23.5 Å². The number of nitrogens with zero attached hydrogens (tertiary/aromatic N) is 4. The fourth-order valence-corrected chi connectivity index (χ4v) is 5.34. The van der Waals surface area contributed by atoms with Crippen LogP contribution in [-0.4, -0.2) is 40.3 Å². The first kappa shape index (κ1) is 21.9. The number of hydrogen-bond donors (Lipinski definition) is 1. The van der Waals surface area contributed by atoms with E-state index in [0.29, 0.717) is 30.8 Å². The van der Waals surface area contributed by atoms with Crippen molar-refractivity contribution in [3.8, 4) is 0 Å². The Kier molecular flexibility index (Phi) is 5.67. The van der Waals surface area contributed by atoms with Crippen molar-refractivity contribution in [2.24, 2.45) is 12.5 Å². The lowest BCUT2D eigenvalue weighted by Crippen LogP contribution is -2.43. The van der Waals surface area contributed by atoms with Crippen LogP contribution >= 0.6 is 11.8 Å². The highest BCUT2D eigenvalue weighted by Crippen LogP contribution is 2.43. The van der Waals surface area contributed by atoms with E-state index in [0.717, 1.165) is 32.1 Å². The van der Waals surface area contributed by atoms with Crippen LogP contribution in [0.25, 0.3) is 0 Å². The second kappa shape index (κ2) is 8.01. The van der Waals surface area contributed by atoms with Crippen molar-refractivity contribution in [2.75, 3.05) is 30.3 Å². The molecule has 0 unspecified atom stereocenters. The van der Waals surface area contributed by atoms with Crippen LogP contribution in [0.5, 0.6) is 0 Å². The number of ether oxygens (including phenoxy) is 1. The smallest absolute Gasteiger partial charge is 0.382 e. The first-order valence-corrected chi connectivity index (χ1v) is 10.8. The Morgan fingerprint density at radius 1 is 1.32 bits per heavy atom. The van der Waals surface area contributed by atoms with E-state index in [4.69, 9.17) is 10.5 Å². The van der Waals surface area contributed by atoms with Gasteiger partial charge in [-0.2, -0.15) is 18.2 Å². The third-order valence-electron chi connectivity index (χ3n) is 6.05. The number of nitrogens with two attached hydrogens (primary N) is 1. The minimum Gasteiger partial charge on any atom is -0.382 e. The zero-order valence-corrected chi connectivity index (χ0v) is 18.1. The molecule has 11 heteroatoms. The quantitative estimate of drug-likeness (QED) is 0.760. The van der Waals surface area contributed by atoms with Gasteiger partial charge in [0, 0.05) is 37.4 Å². The molecule has 2 fully saturated rings. The topological polar surface area (TPSA) is 86.3 Å². The second-order valence-electron chi connectivity index (χ2n) is 8.27. The molecular weight excluding hydrogens is 431 g/mol. The van der Waals surface area contributed by atoms with Gasteiger partial charge in [-0.1, -0.05) is 11.8 Å². The predicted octanol–water partition coefficient (Wildman–Crippen LogP) is 3.32.